The molecule has 6 nitrogen and oxygen atoms in total. The standard InChI is InChI=1S/C13H17BrN2O4/c1-13(2,3)11(12(19)20)15-9(17)7-16-6-8(14)4-5-10(16)18/h4-6,11H,7H2,1-3H3,(H,15,17)(H,19,20). The van der Waals surface area contributed by atoms with Crippen LogP contribution in [0, 0.1) is 5.41 Å². The molecule has 2 N–H and O–H groups in total. The Balaban J connectivity index is 2.84. The molecule has 110 valence electrons. The number of pyridine rings is 1. The van der Waals surface area contributed by atoms with E-state index in [-0.39, 0.29) is 12.1 Å². The van der Waals surface area contributed by atoms with E-state index in [1.165, 1.54) is 16.8 Å². The molecule has 1 rings (SSSR count). The SMILES string of the molecule is CC(C)(C)C(NC(=O)Cn1cc(Br)ccc1=O)C(=O)O. The molecule has 1 aromatic rings. The quantitative estimate of drug-likeness (QED) is 0.859. The normalized spacial score (nSPS) is 12.8. The molecule has 1 aromatic heterocycles. The Morgan fingerprint density at radius 3 is 2.50 bits per heavy atom. The van der Waals surface area contributed by atoms with Crippen molar-refractivity contribution in [3.8, 4) is 0 Å². The Morgan fingerprint density at radius 1 is 1.40 bits per heavy atom. The lowest BCUT2D eigenvalue weighted by Crippen LogP contribution is -2.50. The summed E-state index contributed by atoms with van der Waals surface area (Å²) in [6, 6.07) is 1.89. The van der Waals surface area contributed by atoms with Gasteiger partial charge in [0, 0.05) is 16.7 Å². The fraction of sp³-hybridized carbons (Fsp3) is 0.462. The molecule has 20 heavy (non-hydrogen) atoms. The topological polar surface area (TPSA) is 88.4 Å². The van der Waals surface area contributed by atoms with E-state index in [0.29, 0.717) is 4.47 Å². The number of carbonyl (C=O) groups excluding carboxylic acids is 1. The summed E-state index contributed by atoms with van der Waals surface area (Å²) in [4.78, 5) is 34.6. The van der Waals surface area contributed by atoms with Gasteiger partial charge >= 0.3 is 5.97 Å². The Kier molecular flexibility index (Phi) is 5.10. The molecule has 0 aliphatic heterocycles. The second-order valence-electron chi connectivity index (χ2n) is 5.52. The summed E-state index contributed by atoms with van der Waals surface area (Å²) < 4.78 is 1.87. The van der Waals surface area contributed by atoms with Crippen molar-refractivity contribution in [2.75, 3.05) is 0 Å². The third kappa shape index (κ3) is 4.48. The van der Waals surface area contributed by atoms with Crippen molar-refractivity contribution in [1.29, 1.82) is 0 Å². The van der Waals surface area contributed by atoms with Crippen LogP contribution in [0.4, 0.5) is 0 Å². The highest BCUT2D eigenvalue weighted by Crippen LogP contribution is 2.19. The summed E-state index contributed by atoms with van der Waals surface area (Å²) in [6.07, 6.45) is 1.48. The average Bonchev–Trinajstić information content (AvgIpc) is 2.29. The molecular weight excluding hydrogens is 328 g/mol. The van der Waals surface area contributed by atoms with Gasteiger partial charge in [0.15, 0.2) is 0 Å². The monoisotopic (exact) mass is 344 g/mol. The lowest BCUT2D eigenvalue weighted by molar-refractivity contribution is -0.145. The fourth-order valence-electron chi connectivity index (χ4n) is 1.64. The first kappa shape index (κ1) is 16.4. The summed E-state index contributed by atoms with van der Waals surface area (Å²) in [6.45, 7) is 4.93. The van der Waals surface area contributed by atoms with Crippen LogP contribution < -0.4 is 10.9 Å². The second-order valence-corrected chi connectivity index (χ2v) is 6.43. The number of hydrogen-bond donors (Lipinski definition) is 2. The van der Waals surface area contributed by atoms with E-state index in [1.807, 2.05) is 0 Å². The maximum atomic E-state index is 11.9. The van der Waals surface area contributed by atoms with E-state index in [0.717, 1.165) is 0 Å². The van der Waals surface area contributed by atoms with Crippen LogP contribution in [0.2, 0.25) is 0 Å². The third-order valence-electron chi connectivity index (χ3n) is 2.68. The van der Waals surface area contributed by atoms with Crippen LogP contribution in [0.5, 0.6) is 0 Å². The van der Waals surface area contributed by atoms with Gasteiger partial charge in [-0.05, 0) is 27.4 Å². The molecular formula is C13H17BrN2O4. The zero-order valence-corrected chi connectivity index (χ0v) is 13.1. The van der Waals surface area contributed by atoms with E-state index in [9.17, 15) is 14.4 Å². The van der Waals surface area contributed by atoms with E-state index < -0.39 is 23.3 Å². The van der Waals surface area contributed by atoms with Gasteiger partial charge in [0.25, 0.3) is 5.56 Å². The highest BCUT2D eigenvalue weighted by atomic mass is 79.9. The van der Waals surface area contributed by atoms with Crippen molar-refractivity contribution < 1.29 is 14.7 Å². The summed E-state index contributed by atoms with van der Waals surface area (Å²) in [5, 5.41) is 11.6. The number of hydrogen-bond acceptors (Lipinski definition) is 3. The van der Waals surface area contributed by atoms with E-state index >= 15 is 0 Å². The number of nitrogens with one attached hydrogen (secondary N) is 1. The number of rotatable bonds is 4. The largest absolute Gasteiger partial charge is 0.480 e. The molecule has 0 radical (unpaired) electrons. The van der Waals surface area contributed by atoms with E-state index in [2.05, 4.69) is 21.2 Å². The molecule has 0 fully saturated rings. The van der Waals surface area contributed by atoms with E-state index in [4.69, 9.17) is 5.11 Å². The first-order valence-corrected chi connectivity index (χ1v) is 6.78. The number of aromatic nitrogens is 1. The summed E-state index contributed by atoms with van der Waals surface area (Å²) >= 11 is 3.21. The highest BCUT2D eigenvalue weighted by molar-refractivity contribution is 9.10. The minimum absolute atomic E-state index is 0.224. The van der Waals surface area contributed by atoms with Crippen molar-refractivity contribution in [2.45, 2.75) is 33.4 Å². The number of carbonyl (C=O) groups is 2. The molecule has 1 amide bonds. The van der Waals surface area contributed by atoms with Crippen LogP contribution in [0.25, 0.3) is 0 Å². The minimum Gasteiger partial charge on any atom is -0.480 e. The number of aliphatic carboxylic acids is 1. The number of carboxylic acids is 1. The number of amides is 1. The van der Waals surface area contributed by atoms with Crippen molar-refractivity contribution in [2.24, 2.45) is 5.41 Å². The molecule has 1 unspecified atom stereocenters. The molecule has 7 heteroatoms. The van der Waals surface area contributed by atoms with Crippen LogP contribution in [0.3, 0.4) is 0 Å². The Morgan fingerprint density at radius 2 is 2.00 bits per heavy atom. The van der Waals surface area contributed by atoms with Gasteiger partial charge in [-0.1, -0.05) is 20.8 Å². The fourth-order valence-corrected chi connectivity index (χ4v) is 2.02. The van der Waals surface area contributed by atoms with Crippen molar-refractivity contribution in [3.63, 3.8) is 0 Å². The van der Waals surface area contributed by atoms with E-state index in [1.54, 1.807) is 26.8 Å². The number of halogens is 1. The molecule has 0 aromatic carbocycles. The molecule has 0 spiro atoms. The summed E-state index contributed by atoms with van der Waals surface area (Å²) in [5.41, 5.74) is -0.949. The smallest absolute Gasteiger partial charge is 0.326 e. The van der Waals surface area contributed by atoms with Crippen LogP contribution in [0.15, 0.2) is 27.6 Å². The molecule has 0 saturated heterocycles. The van der Waals surface area contributed by atoms with Crippen molar-refractivity contribution >= 4 is 27.8 Å². The Hall–Kier alpha value is -1.63. The van der Waals surface area contributed by atoms with Gasteiger partial charge in [-0.25, -0.2) is 4.79 Å². The predicted molar refractivity (Wildman–Crippen MR) is 77.4 cm³/mol. The van der Waals surface area contributed by atoms with Gasteiger partial charge < -0.3 is 15.0 Å². The maximum Gasteiger partial charge on any atom is 0.326 e. The second kappa shape index (κ2) is 6.21. The molecule has 1 atom stereocenters. The summed E-state index contributed by atoms with van der Waals surface area (Å²) in [5.74, 6) is -1.63. The number of carboxylic acid groups (broad SMARTS) is 1. The zero-order valence-electron chi connectivity index (χ0n) is 11.5. The third-order valence-corrected chi connectivity index (χ3v) is 3.15. The molecule has 0 saturated carbocycles. The molecule has 1 heterocycles. The first-order chi connectivity index (χ1) is 9.11. The van der Waals surface area contributed by atoms with Crippen LogP contribution in [0.1, 0.15) is 20.8 Å². The average molecular weight is 345 g/mol. The van der Waals surface area contributed by atoms with Gasteiger partial charge in [-0.3, -0.25) is 9.59 Å². The zero-order chi connectivity index (χ0) is 15.5. The van der Waals surface area contributed by atoms with Crippen LogP contribution in [-0.4, -0.2) is 27.6 Å². The van der Waals surface area contributed by atoms with Crippen LogP contribution >= 0.6 is 15.9 Å². The van der Waals surface area contributed by atoms with Crippen molar-refractivity contribution in [3.05, 3.63) is 33.2 Å². The van der Waals surface area contributed by atoms with Gasteiger partial charge in [-0.2, -0.15) is 0 Å². The Bertz CT molecular complexity index is 574. The lowest BCUT2D eigenvalue weighted by Gasteiger charge is -2.27. The minimum atomic E-state index is -1.10. The molecule has 0 aliphatic carbocycles. The van der Waals surface area contributed by atoms with Crippen molar-refractivity contribution in [1.82, 2.24) is 9.88 Å². The molecule has 0 aliphatic rings. The predicted octanol–water partition coefficient (Wildman–Crippen LogP) is 1.23. The van der Waals surface area contributed by atoms with Gasteiger partial charge in [-0.15, -0.1) is 0 Å². The maximum absolute atomic E-state index is 11.9. The molecule has 0 bridgehead atoms. The van der Waals surface area contributed by atoms with Gasteiger partial charge in [0.05, 0.1) is 0 Å². The Labute approximate surface area is 124 Å². The lowest BCUT2D eigenvalue weighted by atomic mass is 9.87. The van der Waals surface area contributed by atoms with Crippen LogP contribution in [-0.2, 0) is 16.1 Å². The first-order valence-electron chi connectivity index (χ1n) is 5.99. The number of nitrogens with zero attached hydrogens (tertiary/aromatic N) is 1. The van der Waals surface area contributed by atoms with Gasteiger partial charge in [0.2, 0.25) is 5.91 Å². The van der Waals surface area contributed by atoms with Gasteiger partial charge in [0.1, 0.15) is 12.6 Å². The highest BCUT2D eigenvalue weighted by Gasteiger charge is 2.32. The summed E-state index contributed by atoms with van der Waals surface area (Å²) in [7, 11) is 0.